The molecule has 2 heteroatoms. The molecule has 0 bridgehead atoms. The molecule has 2 aromatic carbocycles. The largest absolute Gasteiger partial charge is 0.388 e. The molecule has 0 saturated heterocycles. The first-order chi connectivity index (χ1) is 10.7. The molecule has 0 unspecified atom stereocenters. The van der Waals surface area contributed by atoms with E-state index in [1.54, 1.807) is 0 Å². The van der Waals surface area contributed by atoms with E-state index >= 15 is 0 Å². The molecule has 1 N–H and O–H groups in total. The first kappa shape index (κ1) is 18.8. The molecule has 0 aliphatic rings. The van der Waals surface area contributed by atoms with Crippen molar-refractivity contribution in [3.8, 4) is 0 Å². The van der Waals surface area contributed by atoms with E-state index in [0.29, 0.717) is 5.25 Å². The van der Waals surface area contributed by atoms with Gasteiger partial charge in [-0.2, -0.15) is 12.6 Å². The fourth-order valence-electron chi connectivity index (χ4n) is 2.23. The molecule has 0 fully saturated rings. The molecule has 1 nitrogen and oxygen atoms in total. The molecule has 2 atom stereocenters. The predicted octanol–water partition coefficient (Wildman–Crippen LogP) is 5.98. The third-order valence-electron chi connectivity index (χ3n) is 3.49. The Morgan fingerprint density at radius 3 is 1.68 bits per heavy atom. The van der Waals surface area contributed by atoms with Gasteiger partial charge in [-0.05, 0) is 24.0 Å². The molecule has 120 valence electrons. The van der Waals surface area contributed by atoms with Crippen LogP contribution in [0.4, 0.5) is 0 Å². The van der Waals surface area contributed by atoms with Gasteiger partial charge in [0.1, 0.15) is 0 Å². The smallest absolute Gasteiger partial charge is 0.0790 e. The van der Waals surface area contributed by atoms with Crippen molar-refractivity contribution in [3.63, 3.8) is 0 Å². The van der Waals surface area contributed by atoms with Crippen molar-refractivity contribution in [2.45, 2.75) is 50.9 Å². The molecule has 0 heterocycles. The Labute approximate surface area is 140 Å². The van der Waals surface area contributed by atoms with Crippen molar-refractivity contribution in [1.82, 2.24) is 0 Å². The monoisotopic (exact) mass is 316 g/mol. The van der Waals surface area contributed by atoms with Crippen LogP contribution in [0.1, 0.15) is 62.0 Å². The maximum absolute atomic E-state index is 9.52. The topological polar surface area (TPSA) is 20.2 Å². The summed E-state index contributed by atoms with van der Waals surface area (Å²) < 4.78 is 0. The molecular formula is C20H28OS. The highest BCUT2D eigenvalue weighted by molar-refractivity contribution is 7.80. The highest BCUT2D eigenvalue weighted by atomic mass is 32.1. The molecule has 0 saturated carbocycles. The van der Waals surface area contributed by atoms with E-state index in [1.165, 1.54) is 12.0 Å². The van der Waals surface area contributed by atoms with E-state index in [2.05, 4.69) is 50.7 Å². The van der Waals surface area contributed by atoms with Crippen LogP contribution in [0, 0.1) is 0 Å². The van der Waals surface area contributed by atoms with Gasteiger partial charge >= 0.3 is 0 Å². The van der Waals surface area contributed by atoms with Crippen molar-refractivity contribution in [3.05, 3.63) is 71.8 Å². The van der Waals surface area contributed by atoms with Gasteiger partial charge in [-0.15, -0.1) is 0 Å². The number of hydrogen-bond acceptors (Lipinski definition) is 2. The van der Waals surface area contributed by atoms with Crippen LogP contribution in [0.5, 0.6) is 0 Å². The van der Waals surface area contributed by atoms with E-state index in [9.17, 15) is 5.11 Å². The average Bonchev–Trinajstić information content (AvgIpc) is 2.57. The van der Waals surface area contributed by atoms with Crippen LogP contribution in [0.25, 0.3) is 0 Å². The van der Waals surface area contributed by atoms with Crippen molar-refractivity contribution in [2.24, 2.45) is 0 Å². The fourth-order valence-corrected chi connectivity index (χ4v) is 2.66. The summed E-state index contributed by atoms with van der Waals surface area (Å²) in [7, 11) is 0. The van der Waals surface area contributed by atoms with Crippen molar-refractivity contribution >= 4 is 12.6 Å². The highest BCUT2D eigenvalue weighted by Crippen LogP contribution is 2.24. The Morgan fingerprint density at radius 2 is 1.23 bits per heavy atom. The molecule has 22 heavy (non-hydrogen) atoms. The Hall–Kier alpha value is -1.25. The zero-order chi connectivity index (χ0) is 16.2. The van der Waals surface area contributed by atoms with Gasteiger partial charge in [0.25, 0.3) is 0 Å². The first-order valence-electron chi connectivity index (χ1n) is 8.15. The molecule has 0 spiro atoms. The molecule has 0 radical (unpaired) electrons. The predicted molar refractivity (Wildman–Crippen MR) is 99.4 cm³/mol. The lowest BCUT2D eigenvalue weighted by atomic mass is 10.1. The zero-order valence-corrected chi connectivity index (χ0v) is 14.5. The van der Waals surface area contributed by atoms with E-state index < -0.39 is 0 Å². The van der Waals surface area contributed by atoms with Crippen LogP contribution >= 0.6 is 12.6 Å². The summed E-state index contributed by atoms with van der Waals surface area (Å²) in [4.78, 5) is 0. The second kappa shape index (κ2) is 11.3. The summed E-state index contributed by atoms with van der Waals surface area (Å²) in [5.41, 5.74) is 2.35. The van der Waals surface area contributed by atoms with Gasteiger partial charge in [0.05, 0.1) is 6.10 Å². The molecule has 0 aliphatic heterocycles. The molecule has 0 aliphatic carbocycles. The minimum atomic E-state index is -0.277. The minimum absolute atomic E-state index is 0.277. The molecule has 0 aromatic heterocycles. The third-order valence-corrected chi connectivity index (χ3v) is 4.05. The SMILES string of the molecule is CCC[C@H](O)c1ccccc1.CCC[C@H](S)c1ccccc1. The Kier molecular flexibility index (Phi) is 9.69. The number of aliphatic hydroxyl groups is 1. The molecule has 2 aromatic rings. The average molecular weight is 317 g/mol. The highest BCUT2D eigenvalue weighted by Gasteiger charge is 2.03. The van der Waals surface area contributed by atoms with Gasteiger partial charge in [0, 0.05) is 5.25 Å². The normalized spacial score (nSPS) is 12.9. The van der Waals surface area contributed by atoms with Gasteiger partial charge in [0.15, 0.2) is 0 Å². The second-order valence-corrected chi connectivity index (χ2v) is 6.05. The quantitative estimate of drug-likeness (QED) is 0.628. The van der Waals surface area contributed by atoms with E-state index in [1.807, 2.05) is 36.4 Å². The Balaban J connectivity index is 0.000000220. The fraction of sp³-hybridized carbons (Fsp3) is 0.400. The Bertz CT molecular complexity index is 436. The van der Waals surface area contributed by atoms with Crippen LogP contribution in [-0.4, -0.2) is 5.11 Å². The number of aliphatic hydroxyl groups excluding tert-OH is 1. The summed E-state index contributed by atoms with van der Waals surface area (Å²) >= 11 is 4.50. The third kappa shape index (κ3) is 7.15. The van der Waals surface area contributed by atoms with Gasteiger partial charge < -0.3 is 5.11 Å². The first-order valence-corrected chi connectivity index (χ1v) is 8.66. The summed E-state index contributed by atoms with van der Waals surface area (Å²) in [6, 6.07) is 20.2. The summed E-state index contributed by atoms with van der Waals surface area (Å²) in [5, 5.41) is 9.94. The van der Waals surface area contributed by atoms with E-state index in [-0.39, 0.29) is 6.10 Å². The summed E-state index contributed by atoms with van der Waals surface area (Å²) in [6.45, 7) is 4.26. The molecule has 2 rings (SSSR count). The minimum Gasteiger partial charge on any atom is -0.388 e. The maximum Gasteiger partial charge on any atom is 0.0790 e. The summed E-state index contributed by atoms with van der Waals surface area (Å²) in [6.07, 6.45) is 3.96. The van der Waals surface area contributed by atoms with Gasteiger partial charge in [-0.25, -0.2) is 0 Å². The van der Waals surface area contributed by atoms with Crippen LogP contribution in [-0.2, 0) is 0 Å². The molecule has 0 amide bonds. The number of hydrogen-bond donors (Lipinski definition) is 2. The van der Waals surface area contributed by atoms with Crippen LogP contribution in [0.3, 0.4) is 0 Å². The lowest BCUT2D eigenvalue weighted by molar-refractivity contribution is 0.166. The molecular weight excluding hydrogens is 288 g/mol. The van der Waals surface area contributed by atoms with Crippen molar-refractivity contribution < 1.29 is 5.11 Å². The zero-order valence-electron chi connectivity index (χ0n) is 13.7. The Morgan fingerprint density at radius 1 is 0.773 bits per heavy atom. The number of benzene rings is 2. The number of thiol groups is 1. The van der Waals surface area contributed by atoms with Crippen LogP contribution in [0.2, 0.25) is 0 Å². The van der Waals surface area contributed by atoms with Crippen LogP contribution in [0.15, 0.2) is 60.7 Å². The van der Waals surface area contributed by atoms with E-state index in [4.69, 9.17) is 0 Å². The van der Waals surface area contributed by atoms with Gasteiger partial charge in [-0.1, -0.05) is 87.4 Å². The van der Waals surface area contributed by atoms with Gasteiger partial charge in [0.2, 0.25) is 0 Å². The summed E-state index contributed by atoms with van der Waals surface area (Å²) in [5.74, 6) is 0. The standard InChI is InChI=1S/C10H14O.C10H14S/c2*1-2-6-10(11)9-7-4-3-5-8-9/h2*3-5,7-8,10-11H,2,6H2,1H3/t2*10-/m00/s1. The van der Waals surface area contributed by atoms with Crippen LogP contribution < -0.4 is 0 Å². The van der Waals surface area contributed by atoms with Gasteiger partial charge in [-0.3, -0.25) is 0 Å². The van der Waals surface area contributed by atoms with Crippen molar-refractivity contribution in [2.75, 3.05) is 0 Å². The van der Waals surface area contributed by atoms with Crippen molar-refractivity contribution in [1.29, 1.82) is 0 Å². The number of rotatable bonds is 6. The van der Waals surface area contributed by atoms with E-state index in [0.717, 1.165) is 24.8 Å². The lowest BCUT2D eigenvalue weighted by Gasteiger charge is -2.08. The second-order valence-electron chi connectivity index (χ2n) is 5.43. The maximum atomic E-state index is 9.52. The lowest BCUT2D eigenvalue weighted by Crippen LogP contribution is -1.95.